The standard InChI is InChI=1S/C16H22N2O2S/c1-13(2)20-9-3-8-18-16(19)12-21-11-15-6-4-14(10-17)5-7-15/h4-7,13H,3,8-9,11-12H2,1-2H3,(H,18,19). The molecule has 1 amide bonds. The van der Waals surface area contributed by atoms with E-state index in [1.165, 1.54) is 0 Å². The first-order chi connectivity index (χ1) is 10.1. The van der Waals surface area contributed by atoms with Crippen molar-refractivity contribution in [3.05, 3.63) is 35.4 Å². The van der Waals surface area contributed by atoms with E-state index in [0.29, 0.717) is 24.5 Å². The zero-order valence-corrected chi connectivity index (χ0v) is 13.4. The number of hydrogen-bond acceptors (Lipinski definition) is 4. The zero-order chi connectivity index (χ0) is 15.5. The highest BCUT2D eigenvalue weighted by Crippen LogP contribution is 2.12. The second-order valence-corrected chi connectivity index (χ2v) is 5.91. The summed E-state index contributed by atoms with van der Waals surface area (Å²) in [7, 11) is 0. The molecule has 0 bridgehead atoms. The Morgan fingerprint density at radius 2 is 2.10 bits per heavy atom. The summed E-state index contributed by atoms with van der Waals surface area (Å²) in [5.41, 5.74) is 1.78. The number of carbonyl (C=O) groups excluding carboxylic acids is 1. The molecule has 0 saturated carbocycles. The van der Waals surface area contributed by atoms with Gasteiger partial charge in [-0.2, -0.15) is 5.26 Å². The molecule has 0 aliphatic rings. The van der Waals surface area contributed by atoms with Gasteiger partial charge < -0.3 is 10.1 Å². The van der Waals surface area contributed by atoms with Gasteiger partial charge in [0.15, 0.2) is 0 Å². The number of nitriles is 1. The minimum Gasteiger partial charge on any atom is -0.379 e. The van der Waals surface area contributed by atoms with Gasteiger partial charge in [-0.25, -0.2) is 0 Å². The number of nitrogens with zero attached hydrogens (tertiary/aromatic N) is 1. The number of rotatable bonds is 9. The van der Waals surface area contributed by atoms with Crippen molar-refractivity contribution in [1.82, 2.24) is 5.32 Å². The van der Waals surface area contributed by atoms with Crippen molar-refractivity contribution >= 4 is 17.7 Å². The Labute approximate surface area is 130 Å². The molecule has 1 aromatic rings. The average molecular weight is 306 g/mol. The first-order valence-corrected chi connectivity index (χ1v) is 8.22. The lowest BCUT2D eigenvalue weighted by atomic mass is 10.2. The van der Waals surface area contributed by atoms with Gasteiger partial charge in [-0.1, -0.05) is 12.1 Å². The second kappa shape index (κ2) is 10.3. The van der Waals surface area contributed by atoms with Gasteiger partial charge in [-0.3, -0.25) is 4.79 Å². The van der Waals surface area contributed by atoms with E-state index in [2.05, 4.69) is 11.4 Å². The van der Waals surface area contributed by atoms with Crippen LogP contribution in [0.5, 0.6) is 0 Å². The largest absolute Gasteiger partial charge is 0.379 e. The number of ether oxygens (including phenoxy) is 1. The fraction of sp³-hybridized carbons (Fsp3) is 0.500. The molecule has 1 N–H and O–H groups in total. The third kappa shape index (κ3) is 8.38. The van der Waals surface area contributed by atoms with E-state index in [1.54, 1.807) is 23.9 Å². The smallest absolute Gasteiger partial charge is 0.230 e. The molecule has 0 unspecified atom stereocenters. The second-order valence-electron chi connectivity index (χ2n) is 4.92. The van der Waals surface area contributed by atoms with Crippen molar-refractivity contribution < 1.29 is 9.53 Å². The van der Waals surface area contributed by atoms with Crippen molar-refractivity contribution in [2.45, 2.75) is 32.1 Å². The van der Waals surface area contributed by atoms with Crippen molar-refractivity contribution in [2.24, 2.45) is 0 Å². The molecule has 0 aromatic heterocycles. The summed E-state index contributed by atoms with van der Waals surface area (Å²) in [4.78, 5) is 11.6. The van der Waals surface area contributed by atoms with Crippen LogP contribution in [0.3, 0.4) is 0 Å². The molecule has 0 aliphatic heterocycles. The van der Waals surface area contributed by atoms with Crippen molar-refractivity contribution in [2.75, 3.05) is 18.9 Å². The highest BCUT2D eigenvalue weighted by atomic mass is 32.2. The topological polar surface area (TPSA) is 62.1 Å². The summed E-state index contributed by atoms with van der Waals surface area (Å²) in [6, 6.07) is 9.53. The van der Waals surface area contributed by atoms with E-state index in [1.807, 2.05) is 26.0 Å². The Morgan fingerprint density at radius 3 is 2.71 bits per heavy atom. The van der Waals surface area contributed by atoms with E-state index >= 15 is 0 Å². The molecule has 0 spiro atoms. The Balaban J connectivity index is 2.09. The summed E-state index contributed by atoms with van der Waals surface area (Å²) >= 11 is 1.57. The van der Waals surface area contributed by atoms with Gasteiger partial charge in [-0.05, 0) is 38.0 Å². The van der Waals surface area contributed by atoms with Crippen LogP contribution in [-0.2, 0) is 15.3 Å². The van der Waals surface area contributed by atoms with Crippen LogP contribution in [0.2, 0.25) is 0 Å². The summed E-state index contributed by atoms with van der Waals surface area (Å²) in [6.07, 6.45) is 1.08. The lowest BCUT2D eigenvalue weighted by Crippen LogP contribution is -2.27. The minimum absolute atomic E-state index is 0.0539. The minimum atomic E-state index is 0.0539. The predicted molar refractivity (Wildman–Crippen MR) is 86.0 cm³/mol. The number of amides is 1. The Morgan fingerprint density at radius 1 is 1.38 bits per heavy atom. The third-order valence-corrected chi connectivity index (χ3v) is 3.68. The van der Waals surface area contributed by atoms with Gasteiger partial charge in [0.25, 0.3) is 0 Å². The van der Waals surface area contributed by atoms with Crippen LogP contribution in [0.15, 0.2) is 24.3 Å². The highest BCUT2D eigenvalue weighted by molar-refractivity contribution is 7.99. The van der Waals surface area contributed by atoms with E-state index < -0.39 is 0 Å². The van der Waals surface area contributed by atoms with E-state index in [4.69, 9.17) is 10.00 Å². The van der Waals surface area contributed by atoms with Crippen LogP contribution in [0, 0.1) is 11.3 Å². The molecule has 0 radical (unpaired) electrons. The molecule has 4 nitrogen and oxygen atoms in total. The Bertz CT molecular complexity index is 466. The molecule has 114 valence electrons. The molecule has 1 aromatic carbocycles. The monoisotopic (exact) mass is 306 g/mol. The quantitative estimate of drug-likeness (QED) is 0.713. The normalized spacial score (nSPS) is 10.4. The van der Waals surface area contributed by atoms with Gasteiger partial charge in [0.1, 0.15) is 0 Å². The van der Waals surface area contributed by atoms with Gasteiger partial charge in [0.2, 0.25) is 5.91 Å². The lowest BCUT2D eigenvalue weighted by molar-refractivity contribution is -0.118. The van der Waals surface area contributed by atoms with Crippen LogP contribution >= 0.6 is 11.8 Å². The maximum Gasteiger partial charge on any atom is 0.230 e. The molecule has 0 aliphatic carbocycles. The summed E-state index contributed by atoms with van der Waals surface area (Å²) in [6.45, 7) is 5.33. The van der Waals surface area contributed by atoms with E-state index in [-0.39, 0.29) is 12.0 Å². The van der Waals surface area contributed by atoms with Crippen LogP contribution in [-0.4, -0.2) is 30.9 Å². The SMILES string of the molecule is CC(C)OCCCNC(=O)CSCc1ccc(C#N)cc1. The maximum atomic E-state index is 11.6. The van der Waals surface area contributed by atoms with Crippen molar-refractivity contribution in [1.29, 1.82) is 5.26 Å². The van der Waals surface area contributed by atoms with Crippen molar-refractivity contribution in [3.8, 4) is 6.07 Å². The summed E-state index contributed by atoms with van der Waals surface area (Å²) in [5, 5.41) is 11.6. The number of thioether (sulfide) groups is 1. The molecule has 0 saturated heterocycles. The average Bonchev–Trinajstić information content (AvgIpc) is 2.47. The Hall–Kier alpha value is -1.51. The fourth-order valence-electron chi connectivity index (χ4n) is 1.61. The maximum absolute atomic E-state index is 11.6. The molecule has 0 heterocycles. The van der Waals surface area contributed by atoms with Crippen LogP contribution in [0.25, 0.3) is 0 Å². The van der Waals surface area contributed by atoms with Crippen molar-refractivity contribution in [3.63, 3.8) is 0 Å². The van der Waals surface area contributed by atoms with Crippen LogP contribution in [0.4, 0.5) is 0 Å². The first-order valence-electron chi connectivity index (χ1n) is 7.07. The molecule has 0 fully saturated rings. The first kappa shape index (κ1) is 17.5. The number of hydrogen-bond donors (Lipinski definition) is 1. The fourth-order valence-corrected chi connectivity index (χ4v) is 2.42. The molecule has 5 heteroatoms. The van der Waals surface area contributed by atoms with Crippen LogP contribution < -0.4 is 5.32 Å². The summed E-state index contributed by atoms with van der Waals surface area (Å²) in [5.74, 6) is 1.28. The molecule has 21 heavy (non-hydrogen) atoms. The summed E-state index contributed by atoms with van der Waals surface area (Å²) < 4.78 is 5.40. The number of nitrogens with one attached hydrogen (secondary N) is 1. The van der Waals surface area contributed by atoms with Gasteiger partial charge in [-0.15, -0.1) is 11.8 Å². The van der Waals surface area contributed by atoms with Gasteiger partial charge in [0.05, 0.1) is 23.5 Å². The lowest BCUT2D eigenvalue weighted by Gasteiger charge is -2.08. The number of carbonyl (C=O) groups is 1. The molecule has 0 atom stereocenters. The molecular formula is C16H22N2O2S. The third-order valence-electron chi connectivity index (χ3n) is 2.68. The van der Waals surface area contributed by atoms with E-state index in [9.17, 15) is 4.79 Å². The Kier molecular flexibility index (Phi) is 8.56. The molecule has 1 rings (SSSR count). The van der Waals surface area contributed by atoms with Crippen LogP contribution in [0.1, 0.15) is 31.4 Å². The zero-order valence-electron chi connectivity index (χ0n) is 12.6. The highest BCUT2D eigenvalue weighted by Gasteiger charge is 2.02. The number of benzene rings is 1. The molecular weight excluding hydrogens is 284 g/mol. The van der Waals surface area contributed by atoms with E-state index in [0.717, 1.165) is 17.7 Å². The van der Waals surface area contributed by atoms with Gasteiger partial charge in [0, 0.05) is 18.9 Å². The predicted octanol–water partition coefficient (Wildman–Crippen LogP) is 2.72. The van der Waals surface area contributed by atoms with Gasteiger partial charge >= 0.3 is 0 Å².